The van der Waals surface area contributed by atoms with Crippen molar-refractivity contribution in [3.8, 4) is 5.75 Å². The molecule has 0 saturated carbocycles. The molecule has 0 aliphatic carbocycles. The van der Waals surface area contributed by atoms with Gasteiger partial charge in [0.1, 0.15) is 5.75 Å². The van der Waals surface area contributed by atoms with Crippen molar-refractivity contribution in [2.75, 3.05) is 6.54 Å². The minimum absolute atomic E-state index is 0.246. The van der Waals surface area contributed by atoms with Gasteiger partial charge in [-0.25, -0.2) is 0 Å². The van der Waals surface area contributed by atoms with Crippen molar-refractivity contribution in [2.24, 2.45) is 0 Å². The van der Waals surface area contributed by atoms with E-state index >= 15 is 0 Å². The zero-order valence-electron chi connectivity index (χ0n) is 12.2. The van der Waals surface area contributed by atoms with E-state index in [0.29, 0.717) is 6.04 Å². The molecule has 2 nitrogen and oxygen atoms in total. The van der Waals surface area contributed by atoms with Crippen LogP contribution in [0, 0.1) is 0 Å². The van der Waals surface area contributed by atoms with E-state index in [-0.39, 0.29) is 6.10 Å². The summed E-state index contributed by atoms with van der Waals surface area (Å²) in [6.07, 6.45) is 3.84. The van der Waals surface area contributed by atoms with Gasteiger partial charge in [0.05, 0.1) is 6.10 Å². The average Bonchev–Trinajstić information content (AvgIpc) is 2.27. The van der Waals surface area contributed by atoms with Gasteiger partial charge in [-0.1, -0.05) is 26.0 Å². The first-order valence-electron chi connectivity index (χ1n) is 7.07. The zero-order chi connectivity index (χ0) is 13.4. The van der Waals surface area contributed by atoms with E-state index in [1.807, 2.05) is 6.07 Å². The van der Waals surface area contributed by atoms with E-state index in [9.17, 15) is 0 Å². The molecular weight excluding hydrogens is 222 g/mol. The first kappa shape index (κ1) is 15.0. The van der Waals surface area contributed by atoms with Crippen molar-refractivity contribution in [3.63, 3.8) is 0 Å². The molecule has 1 N–H and O–H groups in total. The van der Waals surface area contributed by atoms with Crippen molar-refractivity contribution in [1.82, 2.24) is 5.32 Å². The second kappa shape index (κ2) is 8.15. The molecule has 0 aliphatic heterocycles. The smallest absolute Gasteiger partial charge is 0.119 e. The molecule has 2 heteroatoms. The van der Waals surface area contributed by atoms with Gasteiger partial charge >= 0.3 is 0 Å². The summed E-state index contributed by atoms with van der Waals surface area (Å²) in [7, 11) is 0. The van der Waals surface area contributed by atoms with Gasteiger partial charge in [-0.3, -0.25) is 0 Å². The summed E-state index contributed by atoms with van der Waals surface area (Å²) in [5.41, 5.74) is 1.37. The molecule has 0 amide bonds. The van der Waals surface area contributed by atoms with Crippen molar-refractivity contribution in [3.05, 3.63) is 29.8 Å². The molecule has 0 spiro atoms. The highest BCUT2D eigenvalue weighted by molar-refractivity contribution is 5.28. The van der Waals surface area contributed by atoms with Gasteiger partial charge < -0.3 is 10.1 Å². The summed E-state index contributed by atoms with van der Waals surface area (Å²) in [5.74, 6) is 0.989. The fourth-order valence-electron chi connectivity index (χ4n) is 1.89. The van der Waals surface area contributed by atoms with Crippen LogP contribution in [0.15, 0.2) is 24.3 Å². The van der Waals surface area contributed by atoms with Crippen molar-refractivity contribution in [2.45, 2.75) is 59.1 Å². The first-order valence-corrected chi connectivity index (χ1v) is 7.07. The lowest BCUT2D eigenvalue weighted by molar-refractivity contribution is 0.242. The van der Waals surface area contributed by atoms with Crippen LogP contribution in [0.1, 0.15) is 46.1 Å². The number of hydrogen-bond acceptors (Lipinski definition) is 2. The van der Waals surface area contributed by atoms with E-state index < -0.39 is 0 Å². The molecule has 0 heterocycles. The Balaban J connectivity index is 2.29. The Morgan fingerprint density at radius 1 is 1.11 bits per heavy atom. The summed E-state index contributed by atoms with van der Waals surface area (Å²) < 4.78 is 5.70. The lowest BCUT2D eigenvalue weighted by Crippen LogP contribution is -2.23. The van der Waals surface area contributed by atoms with Gasteiger partial charge in [-0.2, -0.15) is 0 Å². The summed E-state index contributed by atoms with van der Waals surface area (Å²) in [4.78, 5) is 0. The highest BCUT2D eigenvalue weighted by Gasteiger charge is 2.00. The quantitative estimate of drug-likeness (QED) is 0.708. The van der Waals surface area contributed by atoms with Gasteiger partial charge in [-0.05, 0) is 57.4 Å². The van der Waals surface area contributed by atoms with Crippen molar-refractivity contribution >= 4 is 0 Å². The number of unbranched alkanes of at least 4 members (excludes halogenated alkanes) is 1. The number of aryl methyl sites for hydroxylation is 1. The van der Waals surface area contributed by atoms with Gasteiger partial charge in [0.25, 0.3) is 0 Å². The summed E-state index contributed by atoms with van der Waals surface area (Å²) in [6.45, 7) is 9.60. The molecule has 0 unspecified atom stereocenters. The summed E-state index contributed by atoms with van der Waals surface area (Å²) in [5, 5.41) is 3.44. The van der Waals surface area contributed by atoms with E-state index in [1.54, 1.807) is 0 Å². The van der Waals surface area contributed by atoms with Gasteiger partial charge in [0.2, 0.25) is 0 Å². The van der Waals surface area contributed by atoms with Crippen LogP contribution in [-0.4, -0.2) is 18.7 Å². The molecule has 0 fully saturated rings. The lowest BCUT2D eigenvalue weighted by atomic mass is 10.1. The fourth-order valence-corrected chi connectivity index (χ4v) is 1.89. The first-order chi connectivity index (χ1) is 8.58. The molecule has 0 bridgehead atoms. The molecule has 18 heavy (non-hydrogen) atoms. The Labute approximate surface area is 112 Å². The highest BCUT2D eigenvalue weighted by Crippen LogP contribution is 2.16. The van der Waals surface area contributed by atoms with E-state index in [1.165, 1.54) is 18.4 Å². The minimum atomic E-state index is 0.246. The summed E-state index contributed by atoms with van der Waals surface area (Å²) >= 11 is 0. The third-order valence-corrected chi connectivity index (χ3v) is 2.72. The third kappa shape index (κ3) is 6.65. The van der Waals surface area contributed by atoms with Crippen LogP contribution in [0.3, 0.4) is 0 Å². The molecule has 1 aromatic rings. The molecule has 0 aliphatic rings. The maximum atomic E-state index is 5.70. The highest BCUT2D eigenvalue weighted by atomic mass is 16.5. The number of hydrogen-bond donors (Lipinski definition) is 1. The number of ether oxygens (including phenoxy) is 1. The maximum Gasteiger partial charge on any atom is 0.119 e. The molecule has 1 aromatic carbocycles. The molecule has 0 saturated heterocycles. The van der Waals surface area contributed by atoms with Crippen LogP contribution in [-0.2, 0) is 6.42 Å². The number of rotatable bonds is 8. The molecule has 0 radical (unpaired) electrons. The zero-order valence-corrected chi connectivity index (χ0v) is 12.2. The molecule has 1 rings (SSSR count). The Bertz CT molecular complexity index is 334. The van der Waals surface area contributed by atoms with Crippen LogP contribution in [0.25, 0.3) is 0 Å². The third-order valence-electron chi connectivity index (χ3n) is 2.72. The van der Waals surface area contributed by atoms with Crippen molar-refractivity contribution in [1.29, 1.82) is 0 Å². The number of benzene rings is 1. The van der Waals surface area contributed by atoms with Gasteiger partial charge in [0.15, 0.2) is 0 Å². The largest absolute Gasteiger partial charge is 0.491 e. The van der Waals surface area contributed by atoms with Crippen LogP contribution < -0.4 is 10.1 Å². The maximum absolute atomic E-state index is 5.70. The van der Waals surface area contributed by atoms with E-state index in [4.69, 9.17) is 4.74 Å². The number of nitrogens with one attached hydrogen (secondary N) is 1. The monoisotopic (exact) mass is 249 g/mol. The molecule has 0 aromatic heterocycles. The van der Waals surface area contributed by atoms with Crippen LogP contribution in [0.2, 0.25) is 0 Å². The summed E-state index contributed by atoms with van der Waals surface area (Å²) in [6, 6.07) is 9.05. The molecule has 0 atom stereocenters. The van der Waals surface area contributed by atoms with E-state index in [2.05, 4.69) is 51.2 Å². The second-order valence-corrected chi connectivity index (χ2v) is 5.38. The van der Waals surface area contributed by atoms with Gasteiger partial charge in [-0.15, -0.1) is 0 Å². The topological polar surface area (TPSA) is 21.3 Å². The predicted molar refractivity (Wildman–Crippen MR) is 78.3 cm³/mol. The molecular formula is C16H27NO. The van der Waals surface area contributed by atoms with Gasteiger partial charge in [0, 0.05) is 6.04 Å². The fraction of sp³-hybridized carbons (Fsp3) is 0.625. The predicted octanol–water partition coefficient (Wildman–Crippen LogP) is 3.79. The van der Waals surface area contributed by atoms with Crippen LogP contribution >= 0.6 is 0 Å². The van der Waals surface area contributed by atoms with Crippen molar-refractivity contribution < 1.29 is 4.74 Å². The minimum Gasteiger partial charge on any atom is -0.491 e. The Kier molecular flexibility index (Phi) is 6.81. The molecule has 102 valence electrons. The SMILES string of the molecule is CC(C)NCCCCc1cccc(OC(C)C)c1. The normalized spacial score (nSPS) is 11.2. The van der Waals surface area contributed by atoms with E-state index in [0.717, 1.165) is 18.7 Å². The second-order valence-electron chi connectivity index (χ2n) is 5.38. The van der Waals surface area contributed by atoms with Crippen LogP contribution in [0.4, 0.5) is 0 Å². The Morgan fingerprint density at radius 3 is 2.56 bits per heavy atom. The Morgan fingerprint density at radius 2 is 1.89 bits per heavy atom. The standard InChI is InChI=1S/C16H27NO/c1-13(2)17-11-6-5-8-15-9-7-10-16(12-15)18-14(3)4/h7,9-10,12-14,17H,5-6,8,11H2,1-4H3. The lowest BCUT2D eigenvalue weighted by Gasteiger charge is -2.11. The average molecular weight is 249 g/mol. The van der Waals surface area contributed by atoms with Crippen LogP contribution in [0.5, 0.6) is 5.75 Å². The Hall–Kier alpha value is -1.02.